The zero-order valence-electron chi connectivity index (χ0n) is 11.9. The molecule has 1 atom stereocenters. The van der Waals surface area contributed by atoms with Crippen LogP contribution in [0, 0.1) is 17.2 Å². The van der Waals surface area contributed by atoms with E-state index in [1.807, 2.05) is 6.07 Å². The number of benzene rings is 1. The summed E-state index contributed by atoms with van der Waals surface area (Å²) >= 11 is 0. The average molecular weight is 271 g/mol. The molecule has 1 aromatic rings. The van der Waals surface area contributed by atoms with Gasteiger partial charge in [-0.05, 0) is 49.6 Å². The molecule has 0 unspecified atom stereocenters. The van der Waals surface area contributed by atoms with Crippen LogP contribution >= 0.6 is 0 Å². The van der Waals surface area contributed by atoms with Gasteiger partial charge in [-0.25, -0.2) is 0 Å². The van der Waals surface area contributed by atoms with Crippen LogP contribution in [-0.2, 0) is 0 Å². The van der Waals surface area contributed by atoms with E-state index in [1.54, 1.807) is 24.3 Å². The monoisotopic (exact) mass is 271 g/mol. The maximum absolute atomic E-state index is 11.9. The minimum atomic E-state index is -0.0699. The summed E-state index contributed by atoms with van der Waals surface area (Å²) in [6.07, 6.45) is 2.57. The van der Waals surface area contributed by atoms with Crippen LogP contribution in [0.1, 0.15) is 35.7 Å². The van der Waals surface area contributed by atoms with Crippen molar-refractivity contribution in [3.63, 3.8) is 0 Å². The molecule has 4 heteroatoms. The fraction of sp³-hybridized carbons (Fsp3) is 0.500. The highest BCUT2D eigenvalue weighted by molar-refractivity contribution is 5.94. The van der Waals surface area contributed by atoms with Crippen LogP contribution in [-0.4, -0.2) is 37.0 Å². The molecule has 0 radical (unpaired) electrons. The van der Waals surface area contributed by atoms with E-state index in [0.717, 1.165) is 25.6 Å². The Balaban J connectivity index is 1.75. The quantitative estimate of drug-likeness (QED) is 0.911. The fourth-order valence-electron chi connectivity index (χ4n) is 2.62. The van der Waals surface area contributed by atoms with Crippen molar-refractivity contribution in [1.82, 2.24) is 10.2 Å². The summed E-state index contributed by atoms with van der Waals surface area (Å²) in [5.41, 5.74) is 1.18. The minimum absolute atomic E-state index is 0.0699. The van der Waals surface area contributed by atoms with Crippen LogP contribution in [0.15, 0.2) is 24.3 Å². The first kappa shape index (κ1) is 14.5. The highest BCUT2D eigenvalue weighted by Crippen LogP contribution is 2.14. The van der Waals surface area contributed by atoms with Crippen LogP contribution < -0.4 is 5.32 Å². The molecule has 1 aromatic carbocycles. The highest BCUT2D eigenvalue weighted by Gasteiger charge is 2.15. The van der Waals surface area contributed by atoms with E-state index >= 15 is 0 Å². The van der Waals surface area contributed by atoms with Crippen molar-refractivity contribution in [1.29, 1.82) is 5.26 Å². The van der Waals surface area contributed by atoms with Gasteiger partial charge in [-0.1, -0.05) is 6.92 Å². The number of likely N-dealkylation sites (tertiary alicyclic amines) is 1. The summed E-state index contributed by atoms with van der Waals surface area (Å²) in [7, 11) is 0. The lowest BCUT2D eigenvalue weighted by Crippen LogP contribution is -2.40. The van der Waals surface area contributed by atoms with Gasteiger partial charge in [0.1, 0.15) is 0 Å². The second-order valence-electron chi connectivity index (χ2n) is 5.49. The van der Waals surface area contributed by atoms with Gasteiger partial charge in [0.2, 0.25) is 0 Å². The average Bonchev–Trinajstić information content (AvgIpc) is 2.47. The van der Waals surface area contributed by atoms with Gasteiger partial charge in [-0.2, -0.15) is 5.26 Å². The van der Waals surface area contributed by atoms with E-state index in [1.165, 1.54) is 12.8 Å². The lowest BCUT2D eigenvalue weighted by Gasteiger charge is -2.30. The Morgan fingerprint density at radius 1 is 1.45 bits per heavy atom. The second kappa shape index (κ2) is 7.06. The number of rotatable bonds is 4. The number of nitrogens with one attached hydrogen (secondary N) is 1. The molecule has 1 heterocycles. The third kappa shape index (κ3) is 4.07. The van der Waals surface area contributed by atoms with Crippen molar-refractivity contribution in [2.24, 2.45) is 5.92 Å². The molecule has 0 aliphatic carbocycles. The second-order valence-corrected chi connectivity index (χ2v) is 5.49. The van der Waals surface area contributed by atoms with Crippen LogP contribution in [0.4, 0.5) is 0 Å². The third-order valence-corrected chi connectivity index (χ3v) is 3.73. The van der Waals surface area contributed by atoms with Gasteiger partial charge in [-0.3, -0.25) is 4.79 Å². The van der Waals surface area contributed by atoms with Gasteiger partial charge >= 0.3 is 0 Å². The van der Waals surface area contributed by atoms with Gasteiger partial charge in [0, 0.05) is 25.2 Å². The Labute approximate surface area is 120 Å². The van der Waals surface area contributed by atoms with Crippen molar-refractivity contribution in [2.75, 3.05) is 26.2 Å². The topological polar surface area (TPSA) is 56.1 Å². The number of carbonyl (C=O) groups excluding carboxylic acids is 1. The van der Waals surface area contributed by atoms with E-state index < -0.39 is 0 Å². The number of nitriles is 1. The van der Waals surface area contributed by atoms with Crippen molar-refractivity contribution in [3.05, 3.63) is 35.4 Å². The number of hydrogen-bond acceptors (Lipinski definition) is 3. The number of nitrogens with zero attached hydrogens (tertiary/aromatic N) is 2. The van der Waals surface area contributed by atoms with Crippen molar-refractivity contribution < 1.29 is 4.79 Å². The molecular formula is C16H21N3O. The largest absolute Gasteiger partial charge is 0.351 e. The summed E-state index contributed by atoms with van der Waals surface area (Å²) in [5, 5.41) is 11.7. The SMILES string of the molecule is C[C@H]1CCCN(CCNC(=O)c2ccc(C#N)cc2)C1. The molecule has 1 fully saturated rings. The predicted molar refractivity (Wildman–Crippen MR) is 78.3 cm³/mol. The van der Waals surface area contributed by atoms with E-state index in [9.17, 15) is 4.79 Å². The number of carbonyl (C=O) groups is 1. The number of piperidine rings is 1. The lowest BCUT2D eigenvalue weighted by atomic mass is 10.0. The van der Waals surface area contributed by atoms with Crippen molar-refractivity contribution in [3.8, 4) is 6.07 Å². The van der Waals surface area contributed by atoms with E-state index in [-0.39, 0.29) is 5.91 Å². The Hall–Kier alpha value is -1.86. The summed E-state index contributed by atoms with van der Waals surface area (Å²) in [5.74, 6) is 0.692. The summed E-state index contributed by atoms with van der Waals surface area (Å²) in [4.78, 5) is 14.3. The van der Waals surface area contributed by atoms with Crippen LogP contribution in [0.3, 0.4) is 0 Å². The third-order valence-electron chi connectivity index (χ3n) is 3.73. The van der Waals surface area contributed by atoms with E-state index in [2.05, 4.69) is 17.1 Å². The maximum Gasteiger partial charge on any atom is 0.251 e. The Bertz CT molecular complexity index is 489. The molecule has 0 saturated carbocycles. The smallest absolute Gasteiger partial charge is 0.251 e. The number of amides is 1. The summed E-state index contributed by atoms with van der Waals surface area (Å²) in [6.45, 7) is 6.13. The Morgan fingerprint density at radius 3 is 2.85 bits per heavy atom. The molecule has 1 saturated heterocycles. The summed E-state index contributed by atoms with van der Waals surface area (Å²) < 4.78 is 0. The molecule has 1 amide bonds. The van der Waals surface area contributed by atoms with Crippen LogP contribution in [0.5, 0.6) is 0 Å². The first-order valence-corrected chi connectivity index (χ1v) is 7.20. The molecule has 2 rings (SSSR count). The highest BCUT2D eigenvalue weighted by atomic mass is 16.1. The Morgan fingerprint density at radius 2 is 2.20 bits per heavy atom. The Kier molecular flexibility index (Phi) is 5.14. The molecule has 0 spiro atoms. The van der Waals surface area contributed by atoms with Crippen molar-refractivity contribution in [2.45, 2.75) is 19.8 Å². The van der Waals surface area contributed by atoms with Crippen molar-refractivity contribution >= 4 is 5.91 Å². The summed E-state index contributed by atoms with van der Waals surface area (Å²) in [6, 6.07) is 8.76. The zero-order chi connectivity index (χ0) is 14.4. The minimum Gasteiger partial charge on any atom is -0.351 e. The van der Waals surface area contributed by atoms with E-state index in [4.69, 9.17) is 5.26 Å². The molecule has 4 nitrogen and oxygen atoms in total. The molecular weight excluding hydrogens is 250 g/mol. The standard InChI is InChI=1S/C16H21N3O/c1-13-3-2-9-19(12-13)10-8-18-16(20)15-6-4-14(11-17)5-7-15/h4-7,13H,2-3,8-10,12H2,1H3,(H,18,20)/t13-/m0/s1. The van der Waals surface area contributed by atoms with Gasteiger partial charge in [0.05, 0.1) is 11.6 Å². The molecule has 20 heavy (non-hydrogen) atoms. The van der Waals surface area contributed by atoms with Gasteiger partial charge in [0.15, 0.2) is 0 Å². The fourth-order valence-corrected chi connectivity index (χ4v) is 2.62. The van der Waals surface area contributed by atoms with Gasteiger partial charge in [0.25, 0.3) is 5.91 Å². The molecule has 0 bridgehead atoms. The molecule has 106 valence electrons. The molecule has 1 aliphatic heterocycles. The molecule has 1 aliphatic rings. The number of hydrogen-bond donors (Lipinski definition) is 1. The van der Waals surface area contributed by atoms with Gasteiger partial charge < -0.3 is 10.2 Å². The van der Waals surface area contributed by atoms with Gasteiger partial charge in [-0.15, -0.1) is 0 Å². The molecule has 1 N–H and O–H groups in total. The van der Waals surface area contributed by atoms with Crippen LogP contribution in [0.25, 0.3) is 0 Å². The van der Waals surface area contributed by atoms with E-state index in [0.29, 0.717) is 17.7 Å². The lowest BCUT2D eigenvalue weighted by molar-refractivity contribution is 0.0944. The van der Waals surface area contributed by atoms with Crippen LogP contribution in [0.2, 0.25) is 0 Å². The zero-order valence-corrected chi connectivity index (χ0v) is 11.9. The first-order chi connectivity index (χ1) is 9.69. The predicted octanol–water partition coefficient (Wildman–Crippen LogP) is 2.02. The normalized spacial score (nSPS) is 19.3. The maximum atomic E-state index is 11.9. The first-order valence-electron chi connectivity index (χ1n) is 7.20. The molecule has 0 aromatic heterocycles.